The lowest BCUT2D eigenvalue weighted by Gasteiger charge is -2.35. The normalized spacial score (nSPS) is 25.9. The highest BCUT2D eigenvalue weighted by molar-refractivity contribution is 7.89. The van der Waals surface area contributed by atoms with E-state index < -0.39 is 16.2 Å². The van der Waals surface area contributed by atoms with E-state index in [4.69, 9.17) is 0 Å². The van der Waals surface area contributed by atoms with Crippen LogP contribution < -0.4 is 0 Å². The van der Waals surface area contributed by atoms with E-state index in [1.165, 1.54) is 15.1 Å². The van der Waals surface area contributed by atoms with Crippen molar-refractivity contribution in [3.63, 3.8) is 0 Å². The van der Waals surface area contributed by atoms with Crippen molar-refractivity contribution in [1.82, 2.24) is 14.1 Å². The predicted octanol–water partition coefficient (Wildman–Crippen LogP) is 1.42. The van der Waals surface area contributed by atoms with Crippen molar-refractivity contribution in [2.45, 2.75) is 31.5 Å². The van der Waals surface area contributed by atoms with Crippen molar-refractivity contribution < 1.29 is 12.8 Å². The van der Waals surface area contributed by atoms with E-state index in [9.17, 15) is 12.8 Å². The summed E-state index contributed by atoms with van der Waals surface area (Å²) < 4.78 is 41.3. The van der Waals surface area contributed by atoms with Crippen LogP contribution in [0.25, 0.3) is 0 Å². The van der Waals surface area contributed by atoms with Crippen molar-refractivity contribution in [1.29, 1.82) is 0 Å². The monoisotopic (exact) mass is 289 g/mol. The zero-order chi connectivity index (χ0) is 14.2. The van der Waals surface area contributed by atoms with Crippen LogP contribution in [0.1, 0.15) is 20.3 Å². The summed E-state index contributed by atoms with van der Waals surface area (Å²) in [5.41, 5.74) is 0. The minimum Gasteiger partial charge on any atom is -0.274 e. The molecule has 1 saturated heterocycles. The molecule has 1 aromatic heterocycles. The minimum absolute atomic E-state index is 0.00908. The Labute approximate surface area is 113 Å². The first-order valence-electron chi connectivity index (χ1n) is 6.46. The molecule has 7 heteroatoms. The number of sulfonamides is 1. The summed E-state index contributed by atoms with van der Waals surface area (Å²) in [7, 11) is -2.01. The molecule has 2 heterocycles. The molecule has 108 valence electrons. The van der Waals surface area contributed by atoms with Gasteiger partial charge in [0.1, 0.15) is 6.17 Å². The van der Waals surface area contributed by atoms with Crippen LogP contribution >= 0.6 is 0 Å². The molecule has 1 fully saturated rings. The largest absolute Gasteiger partial charge is 0.274 e. The lowest BCUT2D eigenvalue weighted by Crippen LogP contribution is -2.46. The topological polar surface area (TPSA) is 55.2 Å². The molecule has 5 nitrogen and oxygen atoms in total. The lowest BCUT2D eigenvalue weighted by molar-refractivity contribution is 0.101. The Kier molecular flexibility index (Phi) is 3.96. The molecule has 1 aliphatic heterocycles. The second kappa shape index (κ2) is 5.20. The van der Waals surface area contributed by atoms with Crippen molar-refractivity contribution in [3.8, 4) is 0 Å². The molecule has 0 aliphatic carbocycles. The Morgan fingerprint density at radius 3 is 2.63 bits per heavy atom. The van der Waals surface area contributed by atoms with E-state index in [0.717, 1.165) is 0 Å². The summed E-state index contributed by atoms with van der Waals surface area (Å²) in [6.07, 6.45) is 1.03. The van der Waals surface area contributed by atoms with Gasteiger partial charge in [-0.15, -0.1) is 0 Å². The minimum atomic E-state index is -3.66. The van der Waals surface area contributed by atoms with Gasteiger partial charge in [-0.25, -0.2) is 12.8 Å². The molecule has 0 N–H and O–H groups in total. The van der Waals surface area contributed by atoms with Crippen LogP contribution in [0.15, 0.2) is 17.3 Å². The number of rotatable bonds is 3. The molecule has 0 aromatic carbocycles. The van der Waals surface area contributed by atoms with Gasteiger partial charge in [-0.2, -0.15) is 9.40 Å². The maximum Gasteiger partial charge on any atom is 0.262 e. The van der Waals surface area contributed by atoms with Crippen LogP contribution in [0.5, 0.6) is 0 Å². The van der Waals surface area contributed by atoms with Crippen molar-refractivity contribution in [2.75, 3.05) is 13.1 Å². The Morgan fingerprint density at radius 1 is 1.47 bits per heavy atom. The summed E-state index contributed by atoms with van der Waals surface area (Å²) in [5, 5.41) is 3.89. The van der Waals surface area contributed by atoms with Crippen LogP contribution in [0.4, 0.5) is 4.39 Å². The molecular formula is C12H20FN3O2S. The number of alkyl halides is 1. The van der Waals surface area contributed by atoms with Crippen LogP contribution in [0.3, 0.4) is 0 Å². The fraction of sp³-hybridized carbons (Fsp3) is 0.750. The smallest absolute Gasteiger partial charge is 0.262 e. The number of hydrogen-bond donors (Lipinski definition) is 0. The maximum absolute atomic E-state index is 14.1. The summed E-state index contributed by atoms with van der Waals surface area (Å²) >= 11 is 0. The summed E-state index contributed by atoms with van der Waals surface area (Å²) in [5.74, 6) is 0.171. The van der Waals surface area contributed by atoms with Gasteiger partial charge in [0.2, 0.25) is 0 Å². The van der Waals surface area contributed by atoms with Crippen molar-refractivity contribution >= 4 is 10.0 Å². The van der Waals surface area contributed by atoms with Gasteiger partial charge in [-0.05, 0) is 24.3 Å². The standard InChI is InChI=1S/C12H20FN3O2S/c1-9(2)10-4-7-16(8-11(10)13)19(17,18)12-5-6-15(3)14-12/h5-6,9-11H,4,7-8H2,1-3H3/t10-,11+/m1/s1. The molecule has 1 aliphatic rings. The number of aryl methyl sites for hydroxylation is 1. The number of hydrogen-bond acceptors (Lipinski definition) is 3. The Bertz CT molecular complexity index is 541. The molecule has 2 atom stereocenters. The first-order valence-corrected chi connectivity index (χ1v) is 7.90. The van der Waals surface area contributed by atoms with E-state index in [2.05, 4.69) is 5.10 Å². The number of nitrogens with zero attached hydrogens (tertiary/aromatic N) is 3. The quantitative estimate of drug-likeness (QED) is 0.845. The van der Waals surface area contributed by atoms with Gasteiger partial charge in [0.05, 0.1) is 0 Å². The van der Waals surface area contributed by atoms with E-state index in [1.807, 2.05) is 13.8 Å². The maximum atomic E-state index is 14.1. The zero-order valence-corrected chi connectivity index (χ0v) is 12.3. The predicted molar refractivity (Wildman–Crippen MR) is 69.8 cm³/mol. The summed E-state index contributed by atoms with van der Waals surface area (Å²) in [6.45, 7) is 4.24. The highest BCUT2D eigenvalue weighted by Gasteiger charge is 2.37. The Morgan fingerprint density at radius 2 is 2.16 bits per heavy atom. The fourth-order valence-electron chi connectivity index (χ4n) is 2.53. The Hall–Kier alpha value is -0.950. The molecule has 2 rings (SSSR count). The highest BCUT2D eigenvalue weighted by atomic mass is 32.2. The van der Waals surface area contributed by atoms with Crippen LogP contribution in [-0.2, 0) is 17.1 Å². The van der Waals surface area contributed by atoms with Gasteiger partial charge in [-0.3, -0.25) is 4.68 Å². The van der Waals surface area contributed by atoms with E-state index in [0.29, 0.717) is 13.0 Å². The van der Waals surface area contributed by atoms with Gasteiger partial charge in [-0.1, -0.05) is 13.8 Å². The second-order valence-electron chi connectivity index (χ2n) is 5.40. The first kappa shape index (κ1) is 14.5. The van der Waals surface area contributed by atoms with Crippen LogP contribution in [-0.4, -0.2) is 41.8 Å². The molecule has 0 radical (unpaired) electrons. The Balaban J connectivity index is 2.16. The number of piperidine rings is 1. The summed E-state index contributed by atoms with van der Waals surface area (Å²) in [6, 6.07) is 1.44. The lowest BCUT2D eigenvalue weighted by atomic mass is 9.86. The molecule has 0 unspecified atom stereocenters. The van der Waals surface area contributed by atoms with Crippen LogP contribution in [0, 0.1) is 11.8 Å². The van der Waals surface area contributed by atoms with E-state index in [1.54, 1.807) is 13.2 Å². The third-order valence-corrected chi connectivity index (χ3v) is 5.46. The van der Waals surface area contributed by atoms with Crippen molar-refractivity contribution in [3.05, 3.63) is 12.3 Å². The molecule has 0 bridgehead atoms. The molecule has 0 saturated carbocycles. The number of aromatic nitrogens is 2. The number of halogens is 1. The molecular weight excluding hydrogens is 269 g/mol. The second-order valence-corrected chi connectivity index (χ2v) is 7.29. The third-order valence-electron chi connectivity index (χ3n) is 3.70. The van der Waals surface area contributed by atoms with Gasteiger partial charge in [0.25, 0.3) is 10.0 Å². The van der Waals surface area contributed by atoms with E-state index in [-0.39, 0.29) is 23.4 Å². The average Bonchev–Trinajstić information content (AvgIpc) is 2.76. The van der Waals surface area contributed by atoms with Gasteiger partial charge in [0, 0.05) is 26.3 Å². The zero-order valence-electron chi connectivity index (χ0n) is 11.5. The van der Waals surface area contributed by atoms with Gasteiger partial charge in [0.15, 0.2) is 5.03 Å². The van der Waals surface area contributed by atoms with Gasteiger partial charge < -0.3 is 0 Å². The summed E-state index contributed by atoms with van der Waals surface area (Å²) in [4.78, 5) is 0. The van der Waals surface area contributed by atoms with E-state index >= 15 is 0 Å². The van der Waals surface area contributed by atoms with Crippen LogP contribution in [0.2, 0.25) is 0 Å². The molecule has 19 heavy (non-hydrogen) atoms. The fourth-order valence-corrected chi connectivity index (χ4v) is 3.94. The van der Waals surface area contributed by atoms with Gasteiger partial charge >= 0.3 is 0 Å². The average molecular weight is 289 g/mol. The first-order chi connectivity index (χ1) is 8.82. The SMILES string of the molecule is CC(C)[C@H]1CCN(S(=O)(=O)c2ccn(C)n2)C[C@@H]1F. The molecule has 1 aromatic rings. The molecule has 0 spiro atoms. The van der Waals surface area contributed by atoms with Crippen molar-refractivity contribution in [2.24, 2.45) is 18.9 Å². The third kappa shape index (κ3) is 2.81. The molecule has 0 amide bonds. The highest BCUT2D eigenvalue weighted by Crippen LogP contribution is 2.29.